The molecule has 0 aromatic carbocycles. The van der Waals surface area contributed by atoms with Crippen LogP contribution in [0.25, 0.3) is 0 Å². The Bertz CT molecular complexity index is 294. The summed E-state index contributed by atoms with van der Waals surface area (Å²) >= 11 is 1.81. The monoisotopic (exact) mass is 228 g/mol. The number of hydrogen-bond donors (Lipinski definition) is 1. The lowest BCUT2D eigenvalue weighted by molar-refractivity contribution is 0.639. The first-order valence-electron chi connectivity index (χ1n) is 5.55. The van der Waals surface area contributed by atoms with Gasteiger partial charge in [-0.2, -0.15) is 0 Å². The predicted molar refractivity (Wildman–Crippen MR) is 63.8 cm³/mol. The Morgan fingerprint density at radius 1 is 1.27 bits per heavy atom. The van der Waals surface area contributed by atoms with Crippen LogP contribution in [0.4, 0.5) is 0 Å². The Morgan fingerprint density at radius 2 is 1.93 bits per heavy atom. The molecule has 86 valence electrons. The molecule has 0 fully saturated rings. The molecule has 2 N–H and O–H groups in total. The summed E-state index contributed by atoms with van der Waals surface area (Å²) in [5.74, 6) is 0.881. The van der Waals surface area contributed by atoms with Gasteiger partial charge in [-0.1, -0.05) is 25.6 Å². The summed E-state index contributed by atoms with van der Waals surface area (Å²) < 4.78 is 2.10. The van der Waals surface area contributed by atoms with Crippen LogP contribution < -0.4 is 5.73 Å². The third-order valence-electron chi connectivity index (χ3n) is 2.48. The van der Waals surface area contributed by atoms with Crippen molar-refractivity contribution in [2.45, 2.75) is 57.1 Å². The van der Waals surface area contributed by atoms with Crippen LogP contribution >= 0.6 is 11.8 Å². The number of hydrogen-bond acceptors (Lipinski definition) is 4. The predicted octanol–water partition coefficient (Wildman–Crippen LogP) is 2.04. The van der Waals surface area contributed by atoms with Crippen molar-refractivity contribution < 1.29 is 0 Å². The summed E-state index contributed by atoms with van der Waals surface area (Å²) in [4.78, 5) is 0. The zero-order valence-electron chi connectivity index (χ0n) is 9.73. The second-order valence-electron chi connectivity index (χ2n) is 3.40. The number of nitrogens with zero attached hydrogens (tertiary/aromatic N) is 3. The first kappa shape index (κ1) is 12.5. The minimum Gasteiger partial charge on any atom is -0.324 e. The van der Waals surface area contributed by atoms with Crippen LogP contribution in [0.1, 0.15) is 39.4 Å². The first-order chi connectivity index (χ1) is 7.26. The lowest BCUT2D eigenvalue weighted by atomic mass is 10.3. The summed E-state index contributed by atoms with van der Waals surface area (Å²) in [6.07, 6.45) is 2.32. The Kier molecular flexibility index (Phi) is 5.11. The van der Waals surface area contributed by atoms with Crippen LogP contribution in [0.15, 0.2) is 5.16 Å². The van der Waals surface area contributed by atoms with Crippen molar-refractivity contribution in [3.63, 3.8) is 0 Å². The highest BCUT2D eigenvalue weighted by Crippen LogP contribution is 2.26. The average molecular weight is 228 g/mol. The SMILES string of the molecule is CCC(CC)Sc1nnc(CN)n1CC. The highest BCUT2D eigenvalue weighted by molar-refractivity contribution is 7.99. The third kappa shape index (κ3) is 2.95. The first-order valence-corrected chi connectivity index (χ1v) is 6.43. The number of aromatic nitrogens is 3. The molecule has 15 heavy (non-hydrogen) atoms. The maximum absolute atomic E-state index is 5.60. The molecule has 0 aliphatic heterocycles. The van der Waals surface area contributed by atoms with Crippen LogP contribution in [-0.4, -0.2) is 20.0 Å². The Labute approximate surface area is 95.6 Å². The molecule has 0 atom stereocenters. The van der Waals surface area contributed by atoms with Crippen LogP contribution in [0, 0.1) is 0 Å². The van der Waals surface area contributed by atoms with Crippen LogP contribution in [0.2, 0.25) is 0 Å². The van der Waals surface area contributed by atoms with Crippen LogP contribution in [-0.2, 0) is 13.1 Å². The molecule has 1 rings (SSSR count). The summed E-state index contributed by atoms with van der Waals surface area (Å²) in [6, 6.07) is 0. The van der Waals surface area contributed by atoms with Gasteiger partial charge in [0.05, 0.1) is 6.54 Å². The minimum atomic E-state index is 0.463. The van der Waals surface area contributed by atoms with Gasteiger partial charge >= 0.3 is 0 Å². The zero-order valence-corrected chi connectivity index (χ0v) is 10.5. The van der Waals surface area contributed by atoms with E-state index in [2.05, 4.69) is 35.5 Å². The molecule has 0 unspecified atom stereocenters. The van der Waals surface area contributed by atoms with E-state index >= 15 is 0 Å². The molecule has 0 aliphatic carbocycles. The van der Waals surface area contributed by atoms with E-state index in [-0.39, 0.29) is 0 Å². The van der Waals surface area contributed by atoms with Gasteiger partial charge in [0.2, 0.25) is 0 Å². The number of nitrogens with two attached hydrogens (primary N) is 1. The molecule has 0 saturated heterocycles. The van der Waals surface area contributed by atoms with E-state index in [9.17, 15) is 0 Å². The summed E-state index contributed by atoms with van der Waals surface area (Å²) in [7, 11) is 0. The molecular formula is C10H20N4S. The van der Waals surface area contributed by atoms with Gasteiger partial charge in [0.25, 0.3) is 0 Å². The van der Waals surface area contributed by atoms with E-state index in [0.717, 1.165) is 30.4 Å². The quantitative estimate of drug-likeness (QED) is 0.757. The van der Waals surface area contributed by atoms with Gasteiger partial charge in [-0.05, 0) is 19.8 Å². The molecule has 0 aliphatic rings. The molecule has 1 aromatic rings. The van der Waals surface area contributed by atoms with E-state index in [0.29, 0.717) is 11.8 Å². The Balaban J connectivity index is 2.79. The third-order valence-corrected chi connectivity index (χ3v) is 3.99. The normalized spacial score (nSPS) is 11.3. The van der Waals surface area contributed by atoms with Gasteiger partial charge in [-0.25, -0.2) is 0 Å². The maximum Gasteiger partial charge on any atom is 0.191 e. The van der Waals surface area contributed by atoms with Gasteiger partial charge in [0.15, 0.2) is 5.16 Å². The Morgan fingerprint density at radius 3 is 2.40 bits per heavy atom. The largest absolute Gasteiger partial charge is 0.324 e. The lowest BCUT2D eigenvalue weighted by Crippen LogP contribution is -2.09. The van der Waals surface area contributed by atoms with Crippen molar-refractivity contribution in [2.24, 2.45) is 5.73 Å². The van der Waals surface area contributed by atoms with Gasteiger partial charge in [-0.3, -0.25) is 0 Å². The minimum absolute atomic E-state index is 0.463. The van der Waals surface area contributed by atoms with Crippen molar-refractivity contribution in [3.05, 3.63) is 5.82 Å². The highest BCUT2D eigenvalue weighted by Gasteiger charge is 2.13. The molecule has 1 heterocycles. The van der Waals surface area contributed by atoms with Crippen LogP contribution in [0.3, 0.4) is 0 Å². The fourth-order valence-electron chi connectivity index (χ4n) is 1.48. The van der Waals surface area contributed by atoms with Gasteiger partial charge in [0, 0.05) is 11.8 Å². The van der Waals surface area contributed by atoms with E-state index < -0.39 is 0 Å². The summed E-state index contributed by atoms with van der Waals surface area (Å²) in [6.45, 7) is 7.86. The van der Waals surface area contributed by atoms with Crippen molar-refractivity contribution in [2.75, 3.05) is 0 Å². The van der Waals surface area contributed by atoms with Gasteiger partial charge in [0.1, 0.15) is 5.82 Å². The van der Waals surface area contributed by atoms with Crippen molar-refractivity contribution >= 4 is 11.8 Å². The number of rotatable bonds is 6. The molecule has 0 saturated carbocycles. The van der Waals surface area contributed by atoms with Gasteiger partial charge < -0.3 is 10.3 Å². The van der Waals surface area contributed by atoms with Crippen molar-refractivity contribution in [3.8, 4) is 0 Å². The van der Waals surface area contributed by atoms with E-state index in [1.54, 1.807) is 0 Å². The second kappa shape index (κ2) is 6.12. The zero-order chi connectivity index (χ0) is 11.3. The maximum atomic E-state index is 5.60. The van der Waals surface area contributed by atoms with Crippen molar-refractivity contribution in [1.29, 1.82) is 0 Å². The summed E-state index contributed by atoms with van der Waals surface area (Å²) in [5, 5.41) is 9.92. The fourth-order valence-corrected chi connectivity index (χ4v) is 2.56. The second-order valence-corrected chi connectivity index (χ2v) is 4.67. The molecule has 0 amide bonds. The van der Waals surface area contributed by atoms with E-state index in [4.69, 9.17) is 5.73 Å². The van der Waals surface area contributed by atoms with Crippen molar-refractivity contribution in [1.82, 2.24) is 14.8 Å². The standard InChI is InChI=1S/C10H20N4S/c1-4-8(5-2)15-10-13-12-9(7-11)14(10)6-3/h8H,4-7,11H2,1-3H3. The smallest absolute Gasteiger partial charge is 0.191 e. The number of thioether (sulfide) groups is 1. The molecule has 0 bridgehead atoms. The molecule has 4 nitrogen and oxygen atoms in total. The summed E-state index contributed by atoms with van der Waals surface area (Å²) in [5.41, 5.74) is 5.60. The molecule has 0 radical (unpaired) electrons. The lowest BCUT2D eigenvalue weighted by Gasteiger charge is -2.12. The van der Waals surface area contributed by atoms with Gasteiger partial charge in [-0.15, -0.1) is 10.2 Å². The topological polar surface area (TPSA) is 56.7 Å². The van der Waals surface area contributed by atoms with Crippen LogP contribution in [0.5, 0.6) is 0 Å². The Hall–Kier alpha value is -0.550. The van der Waals surface area contributed by atoms with E-state index in [1.165, 1.54) is 0 Å². The highest BCUT2D eigenvalue weighted by atomic mass is 32.2. The molecule has 1 aromatic heterocycles. The molecule has 0 spiro atoms. The van der Waals surface area contributed by atoms with E-state index in [1.807, 2.05) is 11.8 Å². The molecule has 5 heteroatoms. The fraction of sp³-hybridized carbons (Fsp3) is 0.800. The molecular weight excluding hydrogens is 208 g/mol. The average Bonchev–Trinajstić information content (AvgIpc) is 2.67.